The average molecular weight is 446 g/mol. The van der Waals surface area contributed by atoms with E-state index < -0.39 is 26.0 Å². The summed E-state index contributed by atoms with van der Waals surface area (Å²) < 4.78 is 58.6. The van der Waals surface area contributed by atoms with Crippen molar-refractivity contribution in [2.45, 2.75) is 16.7 Å². The first-order chi connectivity index (χ1) is 14.3. The van der Waals surface area contributed by atoms with Crippen LogP contribution >= 0.6 is 0 Å². The molecular weight excluding hydrogens is 426 g/mol. The van der Waals surface area contributed by atoms with Crippen LogP contribution in [-0.2, 0) is 24.8 Å². The molecule has 0 aliphatic carbocycles. The number of carbonyl (C=O) groups is 1. The Morgan fingerprint density at radius 2 is 1.17 bits per heavy atom. The quantitative estimate of drug-likeness (QED) is 0.517. The number of esters is 1. The number of anilines is 1. The van der Waals surface area contributed by atoms with E-state index in [1.807, 2.05) is 0 Å². The molecule has 0 spiro atoms. The molecule has 0 heterocycles. The number of hydrogen-bond acceptors (Lipinski definition) is 6. The van der Waals surface area contributed by atoms with Crippen molar-refractivity contribution in [3.05, 3.63) is 90.5 Å². The first-order valence-electron chi connectivity index (χ1n) is 8.96. The van der Waals surface area contributed by atoms with Gasteiger partial charge in [-0.05, 0) is 55.5 Å². The summed E-state index contributed by atoms with van der Waals surface area (Å²) >= 11 is 0. The normalized spacial score (nSPS) is 11.6. The summed E-state index contributed by atoms with van der Waals surface area (Å²) in [6.45, 7) is 1.84. The highest BCUT2D eigenvalue weighted by Crippen LogP contribution is 2.31. The lowest BCUT2D eigenvalue weighted by atomic mass is 10.2. The van der Waals surface area contributed by atoms with Crippen molar-refractivity contribution in [1.82, 2.24) is 0 Å². The number of ether oxygens (including phenoxy) is 1. The molecule has 9 heteroatoms. The predicted molar refractivity (Wildman–Crippen MR) is 112 cm³/mol. The Morgan fingerprint density at radius 1 is 0.733 bits per heavy atom. The molecule has 0 aliphatic rings. The van der Waals surface area contributed by atoms with Gasteiger partial charge in [0, 0.05) is 0 Å². The van der Waals surface area contributed by atoms with Gasteiger partial charge in [0.05, 0.1) is 27.6 Å². The standard InChI is InChI=1S/C21H19NO6S2/c1-2-28-21(23)17-13-15-18(16-14-17)22(29(24,25)19-9-5-3-6-10-19)30(26,27)20-11-7-4-8-12-20/h3-16H,2H2,1H3. The lowest BCUT2D eigenvalue weighted by Crippen LogP contribution is -2.37. The maximum atomic E-state index is 13.3. The van der Waals surface area contributed by atoms with Crippen molar-refractivity contribution in [1.29, 1.82) is 0 Å². The molecule has 0 aliphatic heterocycles. The summed E-state index contributed by atoms with van der Waals surface area (Å²) in [7, 11) is -8.95. The first kappa shape index (κ1) is 21.5. The fourth-order valence-electron chi connectivity index (χ4n) is 2.72. The molecule has 0 saturated heterocycles. The molecule has 0 radical (unpaired) electrons. The SMILES string of the molecule is CCOC(=O)c1ccc(N(S(=O)(=O)c2ccccc2)S(=O)(=O)c2ccccc2)cc1. The molecule has 30 heavy (non-hydrogen) atoms. The molecule has 156 valence electrons. The Bertz CT molecular complexity index is 1150. The maximum Gasteiger partial charge on any atom is 0.338 e. The van der Waals surface area contributed by atoms with Crippen LogP contribution in [0.1, 0.15) is 17.3 Å². The lowest BCUT2D eigenvalue weighted by Gasteiger charge is -2.24. The Kier molecular flexibility index (Phi) is 6.23. The number of nitrogens with zero attached hydrogens (tertiary/aromatic N) is 1. The topological polar surface area (TPSA) is 97.8 Å². The summed E-state index contributed by atoms with van der Waals surface area (Å²) in [5.74, 6) is -0.590. The monoisotopic (exact) mass is 445 g/mol. The van der Waals surface area contributed by atoms with Crippen molar-refractivity contribution >= 4 is 31.7 Å². The zero-order chi connectivity index (χ0) is 21.8. The molecule has 0 fully saturated rings. The number of hydrogen-bond donors (Lipinski definition) is 0. The second-order valence-corrected chi connectivity index (χ2v) is 9.91. The van der Waals surface area contributed by atoms with Gasteiger partial charge >= 0.3 is 5.97 Å². The highest BCUT2D eigenvalue weighted by Gasteiger charge is 2.36. The maximum absolute atomic E-state index is 13.3. The molecule has 0 saturated carbocycles. The summed E-state index contributed by atoms with van der Waals surface area (Å²) in [5.41, 5.74) is 0.0468. The van der Waals surface area contributed by atoms with Gasteiger partial charge in [0.15, 0.2) is 0 Å². The third-order valence-electron chi connectivity index (χ3n) is 4.11. The second kappa shape index (κ2) is 8.68. The highest BCUT2D eigenvalue weighted by atomic mass is 32.3. The molecule has 0 unspecified atom stereocenters. The van der Waals surface area contributed by atoms with E-state index in [1.54, 1.807) is 19.1 Å². The van der Waals surface area contributed by atoms with Crippen molar-refractivity contribution in [2.24, 2.45) is 0 Å². The Hall–Kier alpha value is -3.17. The fraction of sp³-hybridized carbons (Fsp3) is 0.0952. The third-order valence-corrected chi connectivity index (χ3v) is 8.32. The second-order valence-electron chi connectivity index (χ2n) is 6.10. The van der Waals surface area contributed by atoms with E-state index in [2.05, 4.69) is 0 Å². The van der Waals surface area contributed by atoms with E-state index in [0.29, 0.717) is 3.71 Å². The fourth-order valence-corrected chi connectivity index (χ4v) is 6.45. The van der Waals surface area contributed by atoms with Crippen LogP contribution < -0.4 is 3.71 Å². The van der Waals surface area contributed by atoms with Gasteiger partial charge in [-0.25, -0.2) is 21.6 Å². The molecule has 3 rings (SSSR count). The Labute approximate surface area is 175 Å². The van der Waals surface area contributed by atoms with Gasteiger partial charge in [0.2, 0.25) is 0 Å². The molecule has 0 amide bonds. The van der Waals surface area contributed by atoms with Gasteiger partial charge in [-0.1, -0.05) is 36.4 Å². The molecule has 0 N–H and O–H groups in total. The van der Waals surface area contributed by atoms with Gasteiger partial charge in [-0.15, -0.1) is 0 Å². The van der Waals surface area contributed by atoms with Gasteiger partial charge in [-0.3, -0.25) is 0 Å². The van der Waals surface area contributed by atoms with Crippen molar-refractivity contribution < 1.29 is 26.4 Å². The number of carbonyl (C=O) groups excluding carboxylic acids is 1. The molecule has 0 atom stereocenters. The summed E-state index contributed by atoms with van der Waals surface area (Å²) in [5, 5.41) is 0. The molecule has 0 aromatic heterocycles. The number of benzene rings is 3. The van der Waals surface area contributed by atoms with Crippen LogP contribution in [0.2, 0.25) is 0 Å². The highest BCUT2D eigenvalue weighted by molar-refractivity contribution is 8.10. The van der Waals surface area contributed by atoms with Crippen LogP contribution in [0.4, 0.5) is 5.69 Å². The minimum atomic E-state index is -4.47. The van der Waals surface area contributed by atoms with Crippen LogP contribution in [0.5, 0.6) is 0 Å². The predicted octanol–water partition coefficient (Wildman–Crippen LogP) is 3.45. The lowest BCUT2D eigenvalue weighted by molar-refractivity contribution is 0.0526. The molecule has 3 aromatic carbocycles. The molecule has 0 bridgehead atoms. The van der Waals surface area contributed by atoms with Crippen LogP contribution in [-0.4, -0.2) is 29.4 Å². The zero-order valence-corrected chi connectivity index (χ0v) is 17.6. The van der Waals surface area contributed by atoms with E-state index in [-0.39, 0.29) is 27.6 Å². The Balaban J connectivity index is 2.17. The van der Waals surface area contributed by atoms with Gasteiger partial charge in [0.1, 0.15) is 0 Å². The van der Waals surface area contributed by atoms with Crippen molar-refractivity contribution in [3.63, 3.8) is 0 Å². The van der Waals surface area contributed by atoms with E-state index in [1.165, 1.54) is 72.8 Å². The van der Waals surface area contributed by atoms with E-state index >= 15 is 0 Å². The molecule has 7 nitrogen and oxygen atoms in total. The zero-order valence-electron chi connectivity index (χ0n) is 16.0. The Morgan fingerprint density at radius 3 is 1.57 bits per heavy atom. The minimum Gasteiger partial charge on any atom is -0.462 e. The van der Waals surface area contributed by atoms with Crippen molar-refractivity contribution in [2.75, 3.05) is 10.3 Å². The van der Waals surface area contributed by atoms with Gasteiger partial charge < -0.3 is 4.74 Å². The molecular formula is C21H19NO6S2. The minimum absolute atomic E-state index is 0.129. The van der Waals surface area contributed by atoms with Crippen LogP contribution in [0, 0.1) is 0 Å². The van der Waals surface area contributed by atoms with Crippen LogP contribution in [0.3, 0.4) is 0 Å². The number of sulfonamides is 2. The largest absolute Gasteiger partial charge is 0.462 e. The smallest absolute Gasteiger partial charge is 0.338 e. The van der Waals surface area contributed by atoms with E-state index in [4.69, 9.17) is 4.74 Å². The summed E-state index contributed by atoms with van der Waals surface area (Å²) in [6, 6.07) is 19.7. The average Bonchev–Trinajstić information content (AvgIpc) is 2.75. The summed E-state index contributed by atoms with van der Waals surface area (Å²) in [4.78, 5) is 11.5. The summed E-state index contributed by atoms with van der Waals surface area (Å²) in [6.07, 6.45) is 0. The van der Waals surface area contributed by atoms with Crippen molar-refractivity contribution in [3.8, 4) is 0 Å². The first-order valence-corrected chi connectivity index (χ1v) is 11.8. The van der Waals surface area contributed by atoms with Gasteiger partial charge in [0.25, 0.3) is 20.0 Å². The van der Waals surface area contributed by atoms with Crippen LogP contribution in [0.15, 0.2) is 94.7 Å². The van der Waals surface area contributed by atoms with Gasteiger partial charge in [-0.2, -0.15) is 3.71 Å². The van der Waals surface area contributed by atoms with Crippen LogP contribution in [0.25, 0.3) is 0 Å². The molecule has 3 aromatic rings. The number of rotatable bonds is 7. The van der Waals surface area contributed by atoms with E-state index in [0.717, 1.165) is 0 Å². The third kappa shape index (κ3) is 4.22. The van der Waals surface area contributed by atoms with E-state index in [9.17, 15) is 21.6 Å².